The zero-order valence-electron chi connectivity index (χ0n) is 15.1. The monoisotopic (exact) mass is 404 g/mol. The van der Waals surface area contributed by atoms with Crippen LogP contribution in [0.4, 0.5) is 10.4 Å². The van der Waals surface area contributed by atoms with Crippen LogP contribution in [0.15, 0.2) is 57.8 Å². The molecule has 3 aromatic rings. The van der Waals surface area contributed by atoms with Crippen LogP contribution in [-0.4, -0.2) is 42.9 Å². The quantitative estimate of drug-likeness (QED) is 0.676. The Morgan fingerprint density at radius 2 is 1.71 bits per heavy atom. The lowest BCUT2D eigenvalue weighted by Crippen LogP contribution is -2.22. The van der Waals surface area contributed by atoms with Gasteiger partial charge in [0.1, 0.15) is 5.82 Å². The summed E-state index contributed by atoms with van der Waals surface area (Å²) in [6, 6.07) is 11.2. The van der Waals surface area contributed by atoms with Crippen LogP contribution in [0, 0.1) is 5.82 Å². The summed E-state index contributed by atoms with van der Waals surface area (Å²) < 4.78 is 43.5. The van der Waals surface area contributed by atoms with E-state index in [1.807, 2.05) is 0 Å². The van der Waals surface area contributed by atoms with E-state index in [-0.39, 0.29) is 28.2 Å². The fourth-order valence-corrected chi connectivity index (χ4v) is 3.21. The number of anilines is 1. The number of carbonyl (C=O) groups is 1. The number of benzene rings is 2. The molecular weight excluding hydrogens is 387 g/mol. The van der Waals surface area contributed by atoms with Crippen LogP contribution in [0.1, 0.15) is 21.8 Å². The standard InChI is InChI=1S/C18H17FN4O4S/c1-23(2)28(25,26)15-9-5-13(6-10-15)17(24)20-18-22-21-16(27-18)11-12-3-7-14(19)8-4-12/h3-10H,11H2,1-2H3,(H,20,22,24). The fraction of sp³-hybridized carbons (Fsp3) is 0.167. The van der Waals surface area contributed by atoms with Gasteiger partial charge in [0, 0.05) is 19.7 Å². The molecule has 0 radical (unpaired) electrons. The van der Waals surface area contributed by atoms with Gasteiger partial charge < -0.3 is 4.42 Å². The predicted molar refractivity (Wildman–Crippen MR) is 98.8 cm³/mol. The molecule has 0 aliphatic rings. The van der Waals surface area contributed by atoms with Gasteiger partial charge in [-0.05, 0) is 42.0 Å². The third-order valence-corrected chi connectivity index (χ3v) is 5.68. The molecule has 0 spiro atoms. The van der Waals surface area contributed by atoms with Crippen molar-refractivity contribution in [2.75, 3.05) is 19.4 Å². The van der Waals surface area contributed by atoms with E-state index in [0.29, 0.717) is 6.42 Å². The van der Waals surface area contributed by atoms with Crippen molar-refractivity contribution in [1.82, 2.24) is 14.5 Å². The molecule has 1 aromatic heterocycles. The predicted octanol–water partition coefficient (Wildman–Crippen LogP) is 2.30. The maximum atomic E-state index is 12.9. The molecule has 0 saturated carbocycles. The van der Waals surface area contributed by atoms with Crippen LogP contribution in [0.3, 0.4) is 0 Å². The number of amides is 1. The molecule has 0 bridgehead atoms. The van der Waals surface area contributed by atoms with E-state index in [4.69, 9.17) is 4.42 Å². The maximum Gasteiger partial charge on any atom is 0.322 e. The summed E-state index contributed by atoms with van der Waals surface area (Å²) >= 11 is 0. The van der Waals surface area contributed by atoms with Gasteiger partial charge in [0.05, 0.1) is 11.3 Å². The van der Waals surface area contributed by atoms with Gasteiger partial charge in [-0.15, -0.1) is 5.10 Å². The van der Waals surface area contributed by atoms with E-state index in [2.05, 4.69) is 15.5 Å². The van der Waals surface area contributed by atoms with Crippen LogP contribution in [0.25, 0.3) is 0 Å². The smallest absolute Gasteiger partial charge is 0.322 e. The van der Waals surface area contributed by atoms with E-state index in [1.54, 1.807) is 12.1 Å². The highest BCUT2D eigenvalue weighted by Gasteiger charge is 2.18. The second-order valence-corrected chi connectivity index (χ2v) is 8.22. The molecule has 8 nitrogen and oxygen atoms in total. The molecule has 0 atom stereocenters. The van der Waals surface area contributed by atoms with Gasteiger partial charge in [0.15, 0.2) is 0 Å². The van der Waals surface area contributed by atoms with E-state index in [1.165, 1.54) is 50.5 Å². The highest BCUT2D eigenvalue weighted by molar-refractivity contribution is 7.89. The first-order valence-electron chi connectivity index (χ1n) is 8.16. The van der Waals surface area contributed by atoms with Crippen molar-refractivity contribution in [3.8, 4) is 0 Å². The van der Waals surface area contributed by atoms with Crippen LogP contribution in [0.2, 0.25) is 0 Å². The van der Waals surface area contributed by atoms with Crippen molar-refractivity contribution < 1.29 is 22.0 Å². The Labute approximate surface area is 161 Å². The summed E-state index contributed by atoms with van der Waals surface area (Å²) in [6.45, 7) is 0. The minimum absolute atomic E-state index is 0.0772. The first-order chi connectivity index (χ1) is 13.3. The molecule has 3 rings (SSSR count). The Hall–Kier alpha value is -3.11. The maximum absolute atomic E-state index is 12.9. The Morgan fingerprint density at radius 1 is 1.07 bits per heavy atom. The summed E-state index contributed by atoms with van der Waals surface area (Å²) in [5.41, 5.74) is 1.01. The van der Waals surface area contributed by atoms with Crippen molar-refractivity contribution in [2.24, 2.45) is 0 Å². The fourth-order valence-electron chi connectivity index (χ4n) is 2.31. The number of nitrogens with one attached hydrogen (secondary N) is 1. The topological polar surface area (TPSA) is 105 Å². The SMILES string of the molecule is CN(C)S(=O)(=O)c1ccc(C(=O)Nc2nnc(Cc3ccc(F)cc3)o2)cc1. The molecule has 28 heavy (non-hydrogen) atoms. The van der Waals surface area contributed by atoms with Crippen molar-refractivity contribution >= 4 is 21.9 Å². The number of carbonyl (C=O) groups excluding carboxylic acids is 1. The molecule has 146 valence electrons. The normalized spacial score (nSPS) is 11.6. The first-order valence-corrected chi connectivity index (χ1v) is 9.60. The number of rotatable bonds is 6. The Balaban J connectivity index is 1.66. The molecule has 1 heterocycles. The zero-order valence-corrected chi connectivity index (χ0v) is 15.9. The zero-order chi connectivity index (χ0) is 20.3. The van der Waals surface area contributed by atoms with Gasteiger partial charge >= 0.3 is 6.01 Å². The van der Waals surface area contributed by atoms with Gasteiger partial charge in [-0.25, -0.2) is 17.1 Å². The van der Waals surface area contributed by atoms with Crippen molar-refractivity contribution in [1.29, 1.82) is 0 Å². The van der Waals surface area contributed by atoms with Gasteiger partial charge in [-0.1, -0.05) is 17.2 Å². The lowest BCUT2D eigenvalue weighted by molar-refractivity contribution is 0.102. The van der Waals surface area contributed by atoms with Crippen molar-refractivity contribution in [2.45, 2.75) is 11.3 Å². The number of hydrogen-bond donors (Lipinski definition) is 1. The molecule has 1 N–H and O–H groups in total. The summed E-state index contributed by atoms with van der Waals surface area (Å²) in [5.74, 6) is -0.605. The van der Waals surface area contributed by atoms with E-state index >= 15 is 0 Å². The summed E-state index contributed by atoms with van der Waals surface area (Å²) in [7, 11) is -0.719. The van der Waals surface area contributed by atoms with Crippen molar-refractivity contribution in [3.05, 3.63) is 71.4 Å². The number of aromatic nitrogens is 2. The number of sulfonamides is 1. The Kier molecular flexibility index (Phi) is 5.52. The average molecular weight is 404 g/mol. The van der Waals surface area contributed by atoms with E-state index < -0.39 is 15.9 Å². The number of halogens is 1. The minimum atomic E-state index is -3.57. The summed E-state index contributed by atoms with van der Waals surface area (Å²) in [6.07, 6.45) is 0.292. The third-order valence-electron chi connectivity index (χ3n) is 3.85. The summed E-state index contributed by atoms with van der Waals surface area (Å²) in [4.78, 5) is 12.4. The molecule has 10 heteroatoms. The van der Waals surface area contributed by atoms with Gasteiger partial charge in [-0.3, -0.25) is 10.1 Å². The van der Waals surface area contributed by atoms with Gasteiger partial charge in [0.25, 0.3) is 5.91 Å². The number of nitrogens with zero attached hydrogens (tertiary/aromatic N) is 3. The third kappa shape index (κ3) is 4.41. The minimum Gasteiger partial charge on any atom is -0.407 e. The van der Waals surface area contributed by atoms with E-state index in [0.717, 1.165) is 9.87 Å². The van der Waals surface area contributed by atoms with Crippen LogP contribution >= 0.6 is 0 Å². The largest absolute Gasteiger partial charge is 0.407 e. The molecule has 0 saturated heterocycles. The van der Waals surface area contributed by atoms with E-state index in [9.17, 15) is 17.6 Å². The first kappa shape index (κ1) is 19.6. The molecule has 0 aliphatic heterocycles. The lowest BCUT2D eigenvalue weighted by atomic mass is 10.1. The molecule has 0 aliphatic carbocycles. The second-order valence-electron chi connectivity index (χ2n) is 6.07. The Morgan fingerprint density at radius 3 is 2.32 bits per heavy atom. The van der Waals surface area contributed by atoms with Gasteiger partial charge in [0.2, 0.25) is 15.9 Å². The molecule has 0 unspecified atom stereocenters. The van der Waals surface area contributed by atoms with Crippen LogP contribution in [0.5, 0.6) is 0 Å². The van der Waals surface area contributed by atoms with Crippen LogP contribution in [-0.2, 0) is 16.4 Å². The highest BCUT2D eigenvalue weighted by atomic mass is 32.2. The summed E-state index contributed by atoms with van der Waals surface area (Å²) in [5, 5.41) is 10.0. The molecular formula is C18H17FN4O4S. The second kappa shape index (κ2) is 7.87. The highest BCUT2D eigenvalue weighted by Crippen LogP contribution is 2.16. The molecule has 2 aromatic carbocycles. The van der Waals surface area contributed by atoms with Crippen LogP contribution < -0.4 is 5.32 Å². The average Bonchev–Trinajstić information content (AvgIpc) is 3.10. The van der Waals surface area contributed by atoms with Crippen molar-refractivity contribution in [3.63, 3.8) is 0 Å². The Bertz CT molecular complexity index is 1080. The lowest BCUT2D eigenvalue weighted by Gasteiger charge is -2.11. The van der Waals surface area contributed by atoms with Gasteiger partial charge in [-0.2, -0.15) is 0 Å². The molecule has 0 fully saturated rings. The number of hydrogen-bond acceptors (Lipinski definition) is 6. The molecule has 1 amide bonds.